The van der Waals surface area contributed by atoms with Crippen LogP contribution in [-0.4, -0.2) is 63.4 Å². The molecule has 1 aliphatic heterocycles. The van der Waals surface area contributed by atoms with Crippen molar-refractivity contribution in [1.29, 1.82) is 0 Å². The molecule has 35 heavy (non-hydrogen) atoms. The van der Waals surface area contributed by atoms with Gasteiger partial charge in [-0.15, -0.1) is 0 Å². The second kappa shape index (κ2) is 10.1. The molecule has 3 N–H and O–H groups in total. The number of H-pyrrole nitrogens is 1. The summed E-state index contributed by atoms with van der Waals surface area (Å²) in [6.45, 7) is 8.49. The molecule has 0 saturated carbocycles. The zero-order valence-corrected chi connectivity index (χ0v) is 20.3. The first-order chi connectivity index (χ1) is 17.0. The molecule has 1 aromatic carbocycles. The maximum Gasteiger partial charge on any atom is 0.227 e. The van der Waals surface area contributed by atoms with Gasteiger partial charge in [0.2, 0.25) is 5.95 Å². The van der Waals surface area contributed by atoms with Gasteiger partial charge in [-0.05, 0) is 13.0 Å². The molecule has 1 aliphatic rings. The molecule has 0 amide bonds. The third-order valence-electron chi connectivity index (χ3n) is 6.06. The summed E-state index contributed by atoms with van der Waals surface area (Å²) in [4.78, 5) is 14.1. The highest BCUT2D eigenvalue weighted by Crippen LogP contribution is 2.24. The highest BCUT2D eigenvalue weighted by molar-refractivity contribution is 5.60. The average molecular weight is 474 g/mol. The zero-order chi connectivity index (χ0) is 24.2. The van der Waals surface area contributed by atoms with Gasteiger partial charge in [0.15, 0.2) is 11.6 Å². The summed E-state index contributed by atoms with van der Waals surface area (Å²) in [5, 5.41) is 18.3. The van der Waals surface area contributed by atoms with Crippen molar-refractivity contribution in [2.24, 2.45) is 0 Å². The second-order valence-electron chi connectivity index (χ2n) is 9.11. The average Bonchev–Trinajstić information content (AvgIpc) is 3.54. The van der Waals surface area contributed by atoms with Crippen molar-refractivity contribution in [3.8, 4) is 11.3 Å². The lowest BCUT2D eigenvalue weighted by atomic mass is 10.1. The van der Waals surface area contributed by atoms with E-state index in [1.54, 1.807) is 0 Å². The molecule has 0 radical (unpaired) electrons. The van der Waals surface area contributed by atoms with Gasteiger partial charge < -0.3 is 25.0 Å². The fraction of sp³-hybridized carbons (Fsp3) is 0.360. The Morgan fingerprint density at radius 1 is 1.00 bits per heavy atom. The van der Waals surface area contributed by atoms with Crippen LogP contribution in [0.15, 0.2) is 53.1 Å². The summed E-state index contributed by atoms with van der Waals surface area (Å²) < 4.78 is 5.54. The fourth-order valence-electron chi connectivity index (χ4n) is 3.91. The van der Waals surface area contributed by atoms with E-state index in [-0.39, 0.29) is 0 Å². The number of nitrogens with one attached hydrogen (secondary N) is 3. The van der Waals surface area contributed by atoms with Gasteiger partial charge in [-0.25, -0.2) is 0 Å². The maximum atomic E-state index is 5.54. The molecule has 4 heterocycles. The Morgan fingerprint density at radius 3 is 2.54 bits per heavy atom. The number of anilines is 4. The number of likely N-dealkylation sites (N-methyl/N-ethyl adjacent to an activating group) is 1. The molecule has 0 atom stereocenters. The molecular formula is C25H31N9O. The summed E-state index contributed by atoms with van der Waals surface area (Å²) in [5.74, 6) is 3.87. The summed E-state index contributed by atoms with van der Waals surface area (Å²) in [6.07, 6.45) is 0. The molecule has 0 unspecified atom stereocenters. The van der Waals surface area contributed by atoms with Gasteiger partial charge in [-0.3, -0.25) is 5.10 Å². The monoisotopic (exact) mass is 473 g/mol. The van der Waals surface area contributed by atoms with Crippen molar-refractivity contribution in [3.63, 3.8) is 0 Å². The van der Waals surface area contributed by atoms with E-state index < -0.39 is 0 Å². The zero-order valence-electron chi connectivity index (χ0n) is 20.3. The Bertz CT molecular complexity index is 1240. The molecule has 5 rings (SSSR count). The van der Waals surface area contributed by atoms with Crippen molar-refractivity contribution in [1.82, 2.24) is 30.2 Å². The first kappa shape index (κ1) is 22.9. The normalized spacial score (nSPS) is 14.5. The van der Waals surface area contributed by atoms with E-state index in [0.717, 1.165) is 54.8 Å². The van der Waals surface area contributed by atoms with Crippen LogP contribution in [0.1, 0.15) is 31.2 Å². The molecule has 0 bridgehead atoms. The summed E-state index contributed by atoms with van der Waals surface area (Å²) >= 11 is 0. The summed E-state index contributed by atoms with van der Waals surface area (Å²) in [6, 6.07) is 15.9. The minimum absolute atomic E-state index is 0.365. The third kappa shape index (κ3) is 5.60. The Hall–Kier alpha value is -3.92. The molecule has 182 valence electrons. The predicted molar refractivity (Wildman–Crippen MR) is 137 cm³/mol. The number of aromatic nitrogens is 5. The number of piperazine rings is 1. The minimum atomic E-state index is 0.365. The highest BCUT2D eigenvalue weighted by atomic mass is 16.5. The van der Waals surface area contributed by atoms with Crippen molar-refractivity contribution in [3.05, 3.63) is 60.0 Å². The lowest BCUT2D eigenvalue weighted by molar-refractivity contribution is 0.312. The quantitative estimate of drug-likeness (QED) is 0.348. The number of hydrogen-bond donors (Lipinski definition) is 3. The van der Waals surface area contributed by atoms with Crippen LogP contribution in [0.2, 0.25) is 0 Å². The first-order valence-corrected chi connectivity index (χ1v) is 11.9. The van der Waals surface area contributed by atoms with E-state index in [2.05, 4.69) is 61.7 Å². The second-order valence-corrected chi connectivity index (χ2v) is 9.11. The lowest BCUT2D eigenvalue weighted by Gasteiger charge is -2.33. The summed E-state index contributed by atoms with van der Waals surface area (Å²) in [5.41, 5.74) is 2.89. The van der Waals surface area contributed by atoms with Crippen molar-refractivity contribution >= 4 is 23.4 Å². The van der Waals surface area contributed by atoms with Crippen molar-refractivity contribution in [2.45, 2.75) is 26.3 Å². The van der Waals surface area contributed by atoms with E-state index in [1.165, 1.54) is 0 Å². The molecule has 1 fully saturated rings. The molecule has 0 spiro atoms. The Labute approximate surface area is 204 Å². The number of nitrogens with zero attached hydrogens (tertiary/aromatic N) is 6. The van der Waals surface area contributed by atoms with E-state index in [0.29, 0.717) is 30.0 Å². The van der Waals surface area contributed by atoms with Crippen LogP contribution in [0.25, 0.3) is 11.3 Å². The Balaban J connectivity index is 1.35. The third-order valence-corrected chi connectivity index (χ3v) is 6.06. The fourth-order valence-corrected chi connectivity index (χ4v) is 3.91. The lowest BCUT2D eigenvalue weighted by Crippen LogP contribution is -2.44. The molecular weight excluding hydrogens is 442 g/mol. The van der Waals surface area contributed by atoms with E-state index in [1.807, 2.05) is 48.5 Å². The van der Waals surface area contributed by atoms with Crippen LogP contribution in [0, 0.1) is 0 Å². The van der Waals surface area contributed by atoms with Crippen LogP contribution >= 0.6 is 0 Å². The van der Waals surface area contributed by atoms with Crippen LogP contribution in [0.4, 0.5) is 23.4 Å². The molecule has 1 saturated heterocycles. The van der Waals surface area contributed by atoms with Crippen LogP contribution < -0.4 is 15.5 Å². The van der Waals surface area contributed by atoms with Crippen molar-refractivity contribution < 1.29 is 4.52 Å². The summed E-state index contributed by atoms with van der Waals surface area (Å²) in [7, 11) is 2.14. The Morgan fingerprint density at radius 2 is 1.80 bits per heavy atom. The molecule has 10 nitrogen and oxygen atoms in total. The van der Waals surface area contributed by atoms with Gasteiger partial charge in [-0.2, -0.15) is 15.1 Å². The number of hydrogen-bond acceptors (Lipinski definition) is 9. The number of aromatic amines is 1. The van der Waals surface area contributed by atoms with Gasteiger partial charge in [0.05, 0.1) is 6.54 Å². The smallest absolute Gasteiger partial charge is 0.227 e. The first-order valence-electron chi connectivity index (χ1n) is 11.9. The molecule has 4 aromatic rings. The van der Waals surface area contributed by atoms with Gasteiger partial charge in [0.1, 0.15) is 17.3 Å². The molecule has 0 aliphatic carbocycles. The number of rotatable bonds is 8. The number of benzene rings is 1. The predicted octanol–water partition coefficient (Wildman–Crippen LogP) is 4.09. The van der Waals surface area contributed by atoms with E-state index in [4.69, 9.17) is 9.51 Å². The van der Waals surface area contributed by atoms with Crippen LogP contribution in [-0.2, 0) is 6.54 Å². The largest absolute Gasteiger partial charge is 0.359 e. The topological polar surface area (TPSA) is 111 Å². The van der Waals surface area contributed by atoms with Crippen LogP contribution in [0.5, 0.6) is 0 Å². The van der Waals surface area contributed by atoms with Crippen molar-refractivity contribution in [2.75, 3.05) is 48.8 Å². The van der Waals surface area contributed by atoms with Crippen LogP contribution in [0.3, 0.4) is 0 Å². The van der Waals surface area contributed by atoms with E-state index >= 15 is 0 Å². The molecule has 3 aromatic heterocycles. The van der Waals surface area contributed by atoms with E-state index in [9.17, 15) is 0 Å². The highest BCUT2D eigenvalue weighted by Gasteiger charge is 2.18. The Kier molecular flexibility index (Phi) is 6.62. The standard InChI is InChI=1S/C25H31N9O/c1-17(2)20-14-23(31-30-20)27-22-15-24(34-11-9-33(3)10-12-34)29-25(28-22)26-16-19-13-21(32-35-19)18-7-5-4-6-8-18/h4-8,13-15,17H,9-12,16H2,1-3H3,(H3,26,27,28,29,30,31). The van der Waals surface area contributed by atoms with Gasteiger partial charge in [0, 0.05) is 55.6 Å². The minimum Gasteiger partial charge on any atom is -0.359 e. The SMILES string of the molecule is CC(C)c1cc(Nc2cc(N3CCN(C)CC3)nc(NCc3cc(-c4ccccc4)no3)n2)n[nH]1. The molecule has 10 heteroatoms. The maximum absolute atomic E-state index is 5.54. The van der Waals surface area contributed by atoms with Gasteiger partial charge in [-0.1, -0.05) is 49.3 Å². The van der Waals surface area contributed by atoms with Gasteiger partial charge >= 0.3 is 0 Å². The van der Waals surface area contributed by atoms with Gasteiger partial charge in [0.25, 0.3) is 0 Å².